The van der Waals surface area contributed by atoms with Crippen molar-refractivity contribution >= 4 is 27.5 Å². The summed E-state index contributed by atoms with van der Waals surface area (Å²) >= 11 is 10.2. The lowest BCUT2D eigenvalue weighted by Gasteiger charge is -2.43. The van der Waals surface area contributed by atoms with Crippen molar-refractivity contribution in [2.24, 2.45) is 0 Å². The number of hydrogen-bond acceptors (Lipinski definition) is 1. The van der Waals surface area contributed by atoms with Crippen molar-refractivity contribution in [1.29, 1.82) is 5.26 Å². The van der Waals surface area contributed by atoms with Crippen molar-refractivity contribution < 1.29 is 0 Å². The molecule has 0 radical (unpaired) electrons. The molecule has 3 aliphatic rings. The summed E-state index contributed by atoms with van der Waals surface area (Å²) in [6.07, 6.45) is 0. The smallest absolute Gasteiger partial charge is 0.0995 e. The Balaban J connectivity index is 1.98. The lowest BCUT2D eigenvalue weighted by Crippen LogP contribution is -2.28. The maximum atomic E-state index is 9.72. The summed E-state index contributed by atoms with van der Waals surface area (Å²) in [5, 5.41) is 10.4. The third-order valence-corrected chi connectivity index (χ3v) is 6.49. The molecule has 3 aliphatic carbocycles. The summed E-state index contributed by atoms with van der Waals surface area (Å²) in [5.74, 6) is 0.173. The lowest BCUT2D eigenvalue weighted by atomic mass is 9.60. The van der Waals surface area contributed by atoms with Gasteiger partial charge in [-0.3, -0.25) is 0 Å². The van der Waals surface area contributed by atoms with E-state index < -0.39 is 0 Å². The molecular formula is C21H11BrClN. The van der Waals surface area contributed by atoms with E-state index in [2.05, 4.69) is 70.5 Å². The van der Waals surface area contributed by atoms with E-state index in [9.17, 15) is 5.26 Å². The molecule has 6 rings (SSSR count). The SMILES string of the molecule is N#Cc1cc(Br)c(Cl)c2c1C1c3ccccc3C2c2ccccc21. The van der Waals surface area contributed by atoms with Gasteiger partial charge in [0.2, 0.25) is 0 Å². The zero-order valence-corrected chi connectivity index (χ0v) is 14.9. The molecule has 3 aromatic rings. The van der Waals surface area contributed by atoms with Gasteiger partial charge in [-0.25, -0.2) is 0 Å². The van der Waals surface area contributed by atoms with Gasteiger partial charge in [0.05, 0.1) is 16.7 Å². The summed E-state index contributed by atoms with van der Waals surface area (Å²) < 4.78 is 0.793. The Morgan fingerprint density at radius 2 is 1.29 bits per heavy atom. The van der Waals surface area contributed by atoms with Gasteiger partial charge in [-0.15, -0.1) is 0 Å². The first-order chi connectivity index (χ1) is 11.7. The van der Waals surface area contributed by atoms with Crippen molar-refractivity contribution in [3.8, 4) is 6.07 Å². The first-order valence-corrected chi connectivity index (χ1v) is 8.99. The van der Waals surface area contributed by atoms with Crippen LogP contribution in [0.4, 0.5) is 0 Å². The number of benzene rings is 3. The van der Waals surface area contributed by atoms with Crippen LogP contribution in [-0.2, 0) is 0 Å². The van der Waals surface area contributed by atoms with Gasteiger partial charge in [-0.1, -0.05) is 60.1 Å². The van der Waals surface area contributed by atoms with Crippen molar-refractivity contribution in [2.45, 2.75) is 11.8 Å². The molecule has 24 heavy (non-hydrogen) atoms. The second kappa shape index (κ2) is 4.96. The molecule has 0 N–H and O–H groups in total. The van der Waals surface area contributed by atoms with E-state index >= 15 is 0 Å². The molecule has 0 unspecified atom stereocenters. The van der Waals surface area contributed by atoms with Crippen LogP contribution in [0.3, 0.4) is 0 Å². The van der Waals surface area contributed by atoms with Crippen LogP contribution in [0.2, 0.25) is 5.02 Å². The predicted octanol–water partition coefficient (Wildman–Crippen LogP) is 5.96. The standard InChI is InChI=1S/C21H11BrClN/c22-16-9-11(10-24)17-18-12-5-1-3-7-14(12)19(20(17)21(16)23)15-8-4-2-6-13(15)18/h1-9,18-19H. The molecule has 3 heteroatoms. The van der Waals surface area contributed by atoms with E-state index in [1.807, 2.05) is 6.07 Å². The monoisotopic (exact) mass is 391 g/mol. The zero-order chi connectivity index (χ0) is 16.4. The van der Waals surface area contributed by atoms with E-state index in [4.69, 9.17) is 11.6 Å². The van der Waals surface area contributed by atoms with E-state index in [-0.39, 0.29) is 11.8 Å². The van der Waals surface area contributed by atoms with E-state index in [1.54, 1.807) is 0 Å². The number of nitrogens with zero attached hydrogens (tertiary/aromatic N) is 1. The molecule has 0 fully saturated rings. The largest absolute Gasteiger partial charge is 0.192 e. The molecule has 0 aromatic heterocycles. The van der Waals surface area contributed by atoms with Crippen LogP contribution >= 0.6 is 27.5 Å². The van der Waals surface area contributed by atoms with Crippen molar-refractivity contribution in [2.75, 3.05) is 0 Å². The minimum absolute atomic E-state index is 0.0812. The van der Waals surface area contributed by atoms with Gasteiger partial charge in [0.1, 0.15) is 0 Å². The molecule has 0 aliphatic heterocycles. The summed E-state index contributed by atoms with van der Waals surface area (Å²) in [5.41, 5.74) is 8.07. The summed E-state index contributed by atoms with van der Waals surface area (Å²) in [7, 11) is 0. The van der Waals surface area contributed by atoms with Crippen LogP contribution in [0.1, 0.15) is 50.8 Å². The highest BCUT2D eigenvalue weighted by molar-refractivity contribution is 9.10. The Bertz CT molecular complexity index is 1020. The lowest BCUT2D eigenvalue weighted by molar-refractivity contribution is 0.751. The van der Waals surface area contributed by atoms with Crippen molar-refractivity contribution in [3.05, 3.63) is 103 Å². The second-order valence-electron chi connectivity index (χ2n) is 6.28. The van der Waals surface area contributed by atoms with Crippen LogP contribution in [0, 0.1) is 11.3 Å². The molecule has 0 saturated heterocycles. The molecule has 0 amide bonds. The topological polar surface area (TPSA) is 23.8 Å². The maximum Gasteiger partial charge on any atom is 0.0995 e. The number of halogens is 2. The highest BCUT2D eigenvalue weighted by Gasteiger charge is 2.43. The predicted molar refractivity (Wildman–Crippen MR) is 98.6 cm³/mol. The molecule has 0 atom stereocenters. The maximum absolute atomic E-state index is 9.72. The van der Waals surface area contributed by atoms with Crippen LogP contribution in [0.25, 0.3) is 0 Å². The van der Waals surface area contributed by atoms with Crippen LogP contribution in [0.15, 0.2) is 59.1 Å². The van der Waals surface area contributed by atoms with Crippen LogP contribution < -0.4 is 0 Å². The third kappa shape index (κ3) is 1.64. The average molecular weight is 393 g/mol. The number of nitriles is 1. The van der Waals surface area contributed by atoms with E-state index in [0.717, 1.165) is 20.6 Å². The zero-order valence-electron chi connectivity index (χ0n) is 12.6. The van der Waals surface area contributed by atoms with Crippen LogP contribution in [0.5, 0.6) is 0 Å². The minimum Gasteiger partial charge on any atom is -0.192 e. The fraction of sp³-hybridized carbons (Fsp3) is 0.0952. The Labute approximate surface area is 153 Å². The molecule has 0 heterocycles. The molecule has 0 saturated carbocycles. The molecule has 0 spiro atoms. The summed E-state index contributed by atoms with van der Waals surface area (Å²) in [4.78, 5) is 0. The highest BCUT2D eigenvalue weighted by atomic mass is 79.9. The van der Waals surface area contributed by atoms with Crippen LogP contribution in [-0.4, -0.2) is 0 Å². The summed E-state index contributed by atoms with van der Waals surface area (Å²) in [6, 6.07) is 21.3. The van der Waals surface area contributed by atoms with Gasteiger partial charge >= 0.3 is 0 Å². The third-order valence-electron chi connectivity index (χ3n) is 5.23. The van der Waals surface area contributed by atoms with Gasteiger partial charge in [0, 0.05) is 16.3 Å². The van der Waals surface area contributed by atoms with Gasteiger partial charge in [0.25, 0.3) is 0 Å². The van der Waals surface area contributed by atoms with Gasteiger partial charge < -0.3 is 0 Å². The molecule has 2 bridgehead atoms. The number of hydrogen-bond donors (Lipinski definition) is 0. The average Bonchev–Trinajstić information content (AvgIpc) is 2.64. The fourth-order valence-corrected chi connectivity index (χ4v) is 5.08. The Hall–Kier alpha value is -2.08. The van der Waals surface area contributed by atoms with Gasteiger partial charge in [-0.2, -0.15) is 5.26 Å². The van der Waals surface area contributed by atoms with E-state index in [1.165, 1.54) is 22.3 Å². The first kappa shape index (κ1) is 14.3. The first-order valence-electron chi connectivity index (χ1n) is 7.82. The molecule has 114 valence electrons. The Morgan fingerprint density at radius 3 is 1.75 bits per heavy atom. The molecular weight excluding hydrogens is 382 g/mol. The van der Waals surface area contributed by atoms with Gasteiger partial charge in [-0.05, 0) is 55.4 Å². The Kier molecular flexibility index (Phi) is 2.95. The van der Waals surface area contributed by atoms with Crippen molar-refractivity contribution in [1.82, 2.24) is 0 Å². The minimum atomic E-state index is 0.0812. The van der Waals surface area contributed by atoms with Gasteiger partial charge in [0.15, 0.2) is 0 Å². The normalized spacial score (nSPS) is 19.2. The highest BCUT2D eigenvalue weighted by Crippen LogP contribution is 2.58. The van der Waals surface area contributed by atoms with E-state index in [0.29, 0.717) is 5.56 Å². The Morgan fingerprint density at radius 1 is 0.833 bits per heavy atom. The van der Waals surface area contributed by atoms with Crippen molar-refractivity contribution in [3.63, 3.8) is 0 Å². The molecule has 1 nitrogen and oxygen atoms in total. The molecule has 3 aromatic carbocycles. The quantitative estimate of drug-likeness (QED) is 0.319. The number of rotatable bonds is 0. The fourth-order valence-electron chi connectivity index (χ4n) is 4.38. The second-order valence-corrected chi connectivity index (χ2v) is 7.52. The summed E-state index contributed by atoms with van der Waals surface area (Å²) in [6.45, 7) is 0.